The summed E-state index contributed by atoms with van der Waals surface area (Å²) in [6.07, 6.45) is 3.44. The number of amides is 2. The number of nitrogens with one attached hydrogen (secondary N) is 2. The van der Waals surface area contributed by atoms with Crippen LogP contribution in [-0.4, -0.2) is 33.0 Å². The van der Waals surface area contributed by atoms with Crippen LogP contribution < -0.4 is 10.6 Å². The molecule has 0 spiro atoms. The molecule has 144 valence electrons. The molecule has 2 atom stereocenters. The van der Waals surface area contributed by atoms with Crippen molar-refractivity contribution < 1.29 is 14.7 Å². The van der Waals surface area contributed by atoms with Crippen LogP contribution in [0, 0.1) is 5.92 Å². The van der Waals surface area contributed by atoms with E-state index in [0.29, 0.717) is 22.5 Å². The number of carbonyl (C=O) groups excluding carboxylic acids is 1. The molecule has 1 aliphatic heterocycles. The first kappa shape index (κ1) is 18.5. The number of fused-ring (bicyclic) bond motifs is 1. The van der Waals surface area contributed by atoms with Gasteiger partial charge in [-0.25, -0.2) is 4.79 Å². The lowest BCUT2D eigenvalue weighted by molar-refractivity contribution is 0.102. The van der Waals surface area contributed by atoms with Crippen molar-refractivity contribution in [2.45, 2.75) is 24.8 Å². The molecule has 7 nitrogen and oxygen atoms in total. The van der Waals surface area contributed by atoms with Gasteiger partial charge in [-0.1, -0.05) is 36.4 Å². The van der Waals surface area contributed by atoms with Crippen LogP contribution >= 0.6 is 11.8 Å². The van der Waals surface area contributed by atoms with Gasteiger partial charge < -0.3 is 10.4 Å². The lowest BCUT2D eigenvalue weighted by atomic mass is 9.81. The monoisotopic (exact) mass is 396 g/mol. The number of carbonyl (C=O) groups is 2. The summed E-state index contributed by atoms with van der Waals surface area (Å²) in [4.78, 5) is 32.4. The zero-order chi connectivity index (χ0) is 19.6. The Hall–Kier alpha value is -2.87. The standard InChI is InChI=1S/C20H20N4O3S/c25-17(16-8-1-2-10-21-16)22-15-7-3-5-13(11-15)20-9-4-6-14(20)12-28-18(24-20)23-19(26)27/h1-3,5,7-8,10-11,14H,4,6,9,12H2,(H,22,25)(H,23,24)(H,26,27)/t14?,20-/m1/s1. The van der Waals surface area contributed by atoms with Gasteiger partial charge in [-0.15, -0.1) is 0 Å². The first-order chi connectivity index (χ1) is 13.6. The van der Waals surface area contributed by atoms with E-state index in [2.05, 4.69) is 15.6 Å². The van der Waals surface area contributed by atoms with E-state index in [4.69, 9.17) is 10.1 Å². The fourth-order valence-corrected chi connectivity index (χ4v) is 5.17. The molecule has 0 bridgehead atoms. The Kier molecular flexibility index (Phi) is 5.04. The summed E-state index contributed by atoms with van der Waals surface area (Å²) >= 11 is 1.45. The quantitative estimate of drug-likeness (QED) is 0.734. The molecule has 1 aromatic carbocycles. The Morgan fingerprint density at radius 1 is 1.18 bits per heavy atom. The van der Waals surface area contributed by atoms with Crippen molar-refractivity contribution in [2.24, 2.45) is 10.9 Å². The van der Waals surface area contributed by atoms with Crippen LogP contribution in [0.25, 0.3) is 0 Å². The zero-order valence-electron chi connectivity index (χ0n) is 15.1. The highest BCUT2D eigenvalue weighted by molar-refractivity contribution is 8.13. The van der Waals surface area contributed by atoms with Crippen molar-refractivity contribution in [3.63, 3.8) is 0 Å². The molecule has 0 radical (unpaired) electrons. The van der Waals surface area contributed by atoms with Crippen LogP contribution in [0.1, 0.15) is 35.3 Å². The number of hydrogen-bond acceptors (Lipinski definition) is 5. The van der Waals surface area contributed by atoms with Crippen LogP contribution in [0.3, 0.4) is 0 Å². The van der Waals surface area contributed by atoms with E-state index in [9.17, 15) is 9.59 Å². The Bertz CT molecular complexity index is 934. The van der Waals surface area contributed by atoms with Gasteiger partial charge in [0.1, 0.15) is 5.69 Å². The smallest absolute Gasteiger partial charge is 0.410 e. The summed E-state index contributed by atoms with van der Waals surface area (Å²) in [5.74, 6) is 0.900. The molecule has 4 rings (SSSR count). The minimum absolute atomic E-state index is 0.269. The lowest BCUT2D eigenvalue weighted by Crippen LogP contribution is -2.39. The molecule has 2 heterocycles. The third-order valence-electron chi connectivity index (χ3n) is 5.24. The van der Waals surface area contributed by atoms with Crippen LogP contribution in [0.15, 0.2) is 53.7 Å². The van der Waals surface area contributed by atoms with Crippen molar-refractivity contribution in [2.75, 3.05) is 11.1 Å². The third kappa shape index (κ3) is 3.60. The van der Waals surface area contributed by atoms with E-state index in [1.54, 1.807) is 24.4 Å². The molecule has 8 heteroatoms. The second-order valence-electron chi connectivity index (χ2n) is 6.92. The summed E-state index contributed by atoms with van der Waals surface area (Å²) in [5, 5.41) is 14.8. The summed E-state index contributed by atoms with van der Waals surface area (Å²) in [6, 6.07) is 12.9. The molecule has 1 aromatic heterocycles. The molecule has 2 amide bonds. The number of aromatic nitrogens is 1. The van der Waals surface area contributed by atoms with Gasteiger partial charge in [0.2, 0.25) is 0 Å². The van der Waals surface area contributed by atoms with Gasteiger partial charge in [-0.3, -0.25) is 20.1 Å². The van der Waals surface area contributed by atoms with Crippen LogP contribution in [-0.2, 0) is 5.54 Å². The highest BCUT2D eigenvalue weighted by atomic mass is 32.2. The van der Waals surface area contributed by atoms with Crippen LogP contribution in [0.5, 0.6) is 0 Å². The summed E-state index contributed by atoms with van der Waals surface area (Å²) in [5.41, 5.74) is 1.58. The minimum atomic E-state index is -1.10. The Morgan fingerprint density at radius 2 is 2.07 bits per heavy atom. The second-order valence-corrected chi connectivity index (χ2v) is 7.93. The molecule has 2 aromatic rings. The maximum Gasteiger partial charge on any atom is 0.410 e. The van der Waals surface area contributed by atoms with Gasteiger partial charge in [0.05, 0.1) is 5.54 Å². The highest BCUT2D eigenvalue weighted by Crippen LogP contribution is 2.51. The van der Waals surface area contributed by atoms with Crippen LogP contribution in [0.4, 0.5) is 10.5 Å². The van der Waals surface area contributed by atoms with Gasteiger partial charge in [0, 0.05) is 17.6 Å². The van der Waals surface area contributed by atoms with Gasteiger partial charge >= 0.3 is 6.09 Å². The molecule has 1 aliphatic carbocycles. The van der Waals surface area contributed by atoms with Gasteiger partial charge in [0.15, 0.2) is 5.17 Å². The molecule has 0 saturated heterocycles. The van der Waals surface area contributed by atoms with Crippen molar-refractivity contribution >= 4 is 34.6 Å². The number of anilines is 1. The topological polar surface area (TPSA) is 104 Å². The molecule has 1 unspecified atom stereocenters. The minimum Gasteiger partial charge on any atom is -0.465 e. The molecule has 3 N–H and O–H groups in total. The number of pyridine rings is 1. The number of thioether (sulfide) groups is 1. The molecular weight excluding hydrogens is 376 g/mol. The summed E-state index contributed by atoms with van der Waals surface area (Å²) < 4.78 is 0. The zero-order valence-corrected chi connectivity index (χ0v) is 15.9. The second kappa shape index (κ2) is 7.63. The van der Waals surface area contributed by atoms with Gasteiger partial charge in [-0.2, -0.15) is 0 Å². The normalized spacial score (nSPS) is 23.4. The molecule has 28 heavy (non-hydrogen) atoms. The van der Waals surface area contributed by atoms with E-state index < -0.39 is 11.6 Å². The number of hydrogen-bond donors (Lipinski definition) is 3. The van der Waals surface area contributed by atoms with Crippen molar-refractivity contribution in [1.29, 1.82) is 0 Å². The van der Waals surface area contributed by atoms with Gasteiger partial charge in [-0.05, 0) is 48.6 Å². The molecule has 1 saturated carbocycles. The van der Waals surface area contributed by atoms with E-state index in [1.165, 1.54) is 11.8 Å². The number of nitrogens with zero attached hydrogens (tertiary/aromatic N) is 2. The first-order valence-electron chi connectivity index (χ1n) is 9.12. The average Bonchev–Trinajstić information content (AvgIpc) is 3.13. The maximum absolute atomic E-state index is 12.4. The molecule has 2 aliphatic rings. The van der Waals surface area contributed by atoms with Crippen molar-refractivity contribution in [1.82, 2.24) is 10.3 Å². The average molecular weight is 396 g/mol. The van der Waals surface area contributed by atoms with Crippen molar-refractivity contribution in [3.8, 4) is 0 Å². The van der Waals surface area contributed by atoms with Gasteiger partial charge in [0.25, 0.3) is 5.91 Å². The Morgan fingerprint density at radius 3 is 2.86 bits per heavy atom. The van der Waals surface area contributed by atoms with Crippen molar-refractivity contribution in [3.05, 3.63) is 59.9 Å². The molecule has 1 fully saturated rings. The Balaban J connectivity index is 1.64. The maximum atomic E-state index is 12.4. The van der Waals surface area contributed by atoms with E-state index >= 15 is 0 Å². The number of amidine groups is 1. The first-order valence-corrected chi connectivity index (χ1v) is 10.1. The number of aliphatic imine (C=N–C) groups is 1. The third-order valence-corrected chi connectivity index (χ3v) is 6.28. The lowest BCUT2D eigenvalue weighted by Gasteiger charge is -2.36. The fourth-order valence-electron chi connectivity index (χ4n) is 3.98. The highest BCUT2D eigenvalue weighted by Gasteiger charge is 2.47. The fraction of sp³-hybridized carbons (Fsp3) is 0.300. The van der Waals surface area contributed by atoms with E-state index in [1.807, 2.05) is 24.3 Å². The largest absolute Gasteiger partial charge is 0.465 e. The summed E-state index contributed by atoms with van der Waals surface area (Å²) in [6.45, 7) is 0. The Labute approximate surface area is 166 Å². The number of carboxylic acid groups (broad SMARTS) is 1. The summed E-state index contributed by atoms with van der Waals surface area (Å²) in [7, 11) is 0. The number of benzene rings is 1. The molecular formula is C20H20N4O3S. The SMILES string of the molecule is O=C(O)NC1=N[C@@]2(c3cccc(NC(=O)c4ccccn4)c3)CCCC2CS1. The number of rotatable bonds is 3. The van der Waals surface area contributed by atoms with Crippen LogP contribution in [0.2, 0.25) is 0 Å². The van der Waals surface area contributed by atoms with E-state index in [0.717, 1.165) is 30.6 Å². The van der Waals surface area contributed by atoms with E-state index in [-0.39, 0.29) is 5.91 Å². The predicted molar refractivity (Wildman–Crippen MR) is 109 cm³/mol. The predicted octanol–water partition coefficient (Wildman–Crippen LogP) is 3.70.